The van der Waals surface area contributed by atoms with Crippen molar-refractivity contribution >= 4 is 35.2 Å². The Morgan fingerprint density at radius 3 is 2.17 bits per heavy atom. The molecule has 4 rings (SSSR count). The molecule has 0 fully saturated rings. The molecule has 3 aromatic rings. The van der Waals surface area contributed by atoms with Gasteiger partial charge >= 0.3 is 0 Å². The molecule has 0 unspecified atom stereocenters. The minimum absolute atomic E-state index is 0.301. The van der Waals surface area contributed by atoms with Crippen molar-refractivity contribution in [2.45, 2.75) is 6.92 Å². The van der Waals surface area contributed by atoms with Crippen molar-refractivity contribution in [2.75, 3.05) is 10.2 Å². The zero-order chi connectivity index (χ0) is 20.4. The second-order valence-electron chi connectivity index (χ2n) is 6.77. The number of hydrogen-bond acceptors (Lipinski definition) is 3. The van der Waals surface area contributed by atoms with Crippen molar-refractivity contribution in [1.82, 2.24) is 0 Å². The maximum Gasteiger partial charge on any atom is 0.266 e. The fourth-order valence-corrected chi connectivity index (χ4v) is 3.18. The summed E-state index contributed by atoms with van der Waals surface area (Å²) >= 11 is 0. The number of nitrogens with one attached hydrogen (secondary N) is 1. The van der Waals surface area contributed by atoms with Crippen LogP contribution in [0.5, 0.6) is 0 Å². The molecular formula is C24H18N2O3. The van der Waals surface area contributed by atoms with Gasteiger partial charge in [-0.3, -0.25) is 14.4 Å². The zero-order valence-corrected chi connectivity index (χ0v) is 15.8. The van der Waals surface area contributed by atoms with Gasteiger partial charge in [0.2, 0.25) is 5.91 Å². The SMILES string of the molecule is Cc1ccc(/C=C/C(=O)Nc2cccc(N3C(=O)c4ccccc4C3=O)c2)cc1. The first-order valence-corrected chi connectivity index (χ1v) is 9.16. The van der Waals surface area contributed by atoms with Gasteiger partial charge in [0.05, 0.1) is 16.8 Å². The van der Waals surface area contributed by atoms with E-state index in [1.165, 1.54) is 6.08 Å². The van der Waals surface area contributed by atoms with Crippen LogP contribution < -0.4 is 10.2 Å². The molecule has 5 heteroatoms. The molecule has 1 N–H and O–H groups in total. The maximum absolute atomic E-state index is 12.6. The van der Waals surface area contributed by atoms with Crippen LogP contribution in [-0.2, 0) is 4.79 Å². The fraction of sp³-hybridized carbons (Fsp3) is 0.0417. The lowest BCUT2D eigenvalue weighted by atomic mass is 10.1. The quantitative estimate of drug-likeness (QED) is 0.536. The van der Waals surface area contributed by atoms with E-state index in [1.54, 1.807) is 54.6 Å². The van der Waals surface area contributed by atoms with E-state index in [9.17, 15) is 14.4 Å². The van der Waals surface area contributed by atoms with Crippen LogP contribution in [-0.4, -0.2) is 17.7 Å². The van der Waals surface area contributed by atoms with Crippen molar-refractivity contribution in [2.24, 2.45) is 0 Å². The van der Waals surface area contributed by atoms with Gasteiger partial charge in [0.15, 0.2) is 0 Å². The molecule has 5 nitrogen and oxygen atoms in total. The largest absolute Gasteiger partial charge is 0.322 e. The third-order valence-electron chi connectivity index (χ3n) is 4.67. The third kappa shape index (κ3) is 3.71. The summed E-state index contributed by atoms with van der Waals surface area (Å²) in [7, 11) is 0. The summed E-state index contributed by atoms with van der Waals surface area (Å²) in [5.41, 5.74) is 3.75. The number of benzene rings is 3. The Hall–Kier alpha value is -3.99. The molecule has 1 heterocycles. The van der Waals surface area contributed by atoms with Gasteiger partial charge in [-0.1, -0.05) is 48.0 Å². The second kappa shape index (κ2) is 7.56. The van der Waals surface area contributed by atoms with E-state index < -0.39 is 0 Å². The van der Waals surface area contributed by atoms with E-state index in [1.807, 2.05) is 31.2 Å². The molecule has 29 heavy (non-hydrogen) atoms. The molecule has 3 aromatic carbocycles. The Labute approximate surface area is 168 Å². The van der Waals surface area contributed by atoms with Crippen LogP contribution >= 0.6 is 0 Å². The van der Waals surface area contributed by atoms with Crippen LogP contribution in [0.4, 0.5) is 11.4 Å². The van der Waals surface area contributed by atoms with E-state index in [0.29, 0.717) is 22.5 Å². The van der Waals surface area contributed by atoms with Crippen LogP contribution in [0.15, 0.2) is 78.9 Å². The van der Waals surface area contributed by atoms with Crippen LogP contribution in [0.25, 0.3) is 6.08 Å². The van der Waals surface area contributed by atoms with Gasteiger partial charge in [0.25, 0.3) is 11.8 Å². The number of aryl methyl sites for hydroxylation is 1. The lowest BCUT2D eigenvalue weighted by molar-refractivity contribution is -0.111. The third-order valence-corrected chi connectivity index (χ3v) is 4.67. The molecule has 0 spiro atoms. The van der Waals surface area contributed by atoms with Crippen LogP contribution in [0, 0.1) is 6.92 Å². The summed E-state index contributed by atoms with van der Waals surface area (Å²) in [6.45, 7) is 2.00. The normalized spacial score (nSPS) is 13.1. The number of carbonyl (C=O) groups excluding carboxylic acids is 3. The average molecular weight is 382 g/mol. The standard InChI is InChI=1S/C24H18N2O3/c1-16-9-11-17(12-10-16)13-14-22(27)25-18-5-4-6-19(15-18)26-23(28)20-7-2-3-8-21(20)24(26)29/h2-15H,1H3,(H,25,27)/b14-13+. The van der Waals surface area contributed by atoms with Crippen LogP contribution in [0.2, 0.25) is 0 Å². The van der Waals surface area contributed by atoms with Crippen LogP contribution in [0.1, 0.15) is 31.8 Å². The Balaban J connectivity index is 1.51. The predicted molar refractivity (Wildman–Crippen MR) is 113 cm³/mol. The number of imide groups is 1. The minimum atomic E-state index is -0.367. The molecule has 0 aromatic heterocycles. The number of carbonyl (C=O) groups is 3. The first-order valence-electron chi connectivity index (χ1n) is 9.16. The summed E-state index contributed by atoms with van der Waals surface area (Å²) in [5.74, 6) is -1.04. The van der Waals surface area contributed by atoms with Crippen molar-refractivity contribution in [1.29, 1.82) is 0 Å². The van der Waals surface area contributed by atoms with Gasteiger partial charge in [0, 0.05) is 11.8 Å². The highest BCUT2D eigenvalue weighted by atomic mass is 16.2. The van der Waals surface area contributed by atoms with Gasteiger partial charge in [0.1, 0.15) is 0 Å². The molecule has 1 aliphatic rings. The molecule has 0 saturated heterocycles. The molecular weight excluding hydrogens is 364 g/mol. The van der Waals surface area contributed by atoms with E-state index in [0.717, 1.165) is 16.0 Å². The molecule has 0 saturated carbocycles. The molecule has 0 atom stereocenters. The van der Waals surface area contributed by atoms with Gasteiger partial charge in [-0.2, -0.15) is 0 Å². The first-order chi connectivity index (χ1) is 14.0. The Bertz CT molecular complexity index is 1110. The highest BCUT2D eigenvalue weighted by Gasteiger charge is 2.36. The molecule has 0 bridgehead atoms. The first kappa shape index (κ1) is 18.4. The number of hydrogen-bond donors (Lipinski definition) is 1. The monoisotopic (exact) mass is 382 g/mol. The lowest BCUT2D eigenvalue weighted by Crippen LogP contribution is -2.29. The molecule has 0 aliphatic carbocycles. The smallest absolute Gasteiger partial charge is 0.266 e. The zero-order valence-electron chi connectivity index (χ0n) is 15.8. The molecule has 3 amide bonds. The number of anilines is 2. The number of fused-ring (bicyclic) bond motifs is 1. The van der Waals surface area contributed by atoms with Crippen molar-refractivity contribution < 1.29 is 14.4 Å². The van der Waals surface area contributed by atoms with Gasteiger partial charge < -0.3 is 5.32 Å². The second-order valence-corrected chi connectivity index (χ2v) is 6.77. The van der Waals surface area contributed by atoms with Crippen molar-refractivity contribution in [3.05, 3.63) is 101 Å². The fourth-order valence-electron chi connectivity index (χ4n) is 3.18. The highest BCUT2D eigenvalue weighted by molar-refractivity contribution is 6.34. The number of rotatable bonds is 4. The van der Waals surface area contributed by atoms with Crippen LogP contribution in [0.3, 0.4) is 0 Å². The van der Waals surface area contributed by atoms with Gasteiger partial charge in [-0.05, 0) is 48.9 Å². The summed E-state index contributed by atoms with van der Waals surface area (Å²) in [4.78, 5) is 38.6. The van der Waals surface area contributed by atoms with E-state index in [2.05, 4.69) is 5.32 Å². The van der Waals surface area contributed by atoms with Crippen molar-refractivity contribution in [3.8, 4) is 0 Å². The number of amides is 3. The summed E-state index contributed by atoms with van der Waals surface area (Å²) in [5, 5.41) is 2.76. The highest BCUT2D eigenvalue weighted by Crippen LogP contribution is 2.29. The van der Waals surface area contributed by atoms with E-state index in [-0.39, 0.29) is 17.7 Å². The van der Waals surface area contributed by atoms with Crippen molar-refractivity contribution in [3.63, 3.8) is 0 Å². The Morgan fingerprint density at radius 1 is 0.862 bits per heavy atom. The minimum Gasteiger partial charge on any atom is -0.322 e. The maximum atomic E-state index is 12.6. The predicted octanol–water partition coefficient (Wildman–Crippen LogP) is 4.45. The Morgan fingerprint density at radius 2 is 1.52 bits per heavy atom. The van der Waals surface area contributed by atoms with Gasteiger partial charge in [-0.25, -0.2) is 4.90 Å². The molecule has 1 aliphatic heterocycles. The lowest BCUT2D eigenvalue weighted by Gasteiger charge is -2.15. The molecule has 0 radical (unpaired) electrons. The molecule has 142 valence electrons. The summed E-state index contributed by atoms with van der Waals surface area (Å²) < 4.78 is 0. The average Bonchev–Trinajstić information content (AvgIpc) is 2.98. The topological polar surface area (TPSA) is 66.5 Å². The van der Waals surface area contributed by atoms with E-state index >= 15 is 0 Å². The number of nitrogens with zero attached hydrogens (tertiary/aromatic N) is 1. The Kier molecular flexibility index (Phi) is 4.79. The summed E-state index contributed by atoms with van der Waals surface area (Å²) in [6.07, 6.45) is 3.17. The van der Waals surface area contributed by atoms with Gasteiger partial charge in [-0.15, -0.1) is 0 Å². The summed E-state index contributed by atoms with van der Waals surface area (Å²) in [6, 6.07) is 21.2. The van der Waals surface area contributed by atoms with E-state index in [4.69, 9.17) is 0 Å².